The molecular weight excluding hydrogens is 304 g/mol. The molecule has 0 atom stereocenters. The SMILES string of the molecule is CCn1c(-c2ccc(OC)c(OC)c2)c(N)c2ccc(OC)cc21. The Bertz CT molecular complexity index is 884. The van der Waals surface area contributed by atoms with Crippen LogP contribution >= 0.6 is 0 Å². The number of nitrogen functional groups attached to an aromatic ring is 1. The van der Waals surface area contributed by atoms with Crippen LogP contribution in [-0.2, 0) is 6.54 Å². The van der Waals surface area contributed by atoms with Gasteiger partial charge in [0.15, 0.2) is 11.5 Å². The van der Waals surface area contributed by atoms with Gasteiger partial charge in [-0.15, -0.1) is 0 Å². The Morgan fingerprint density at radius 1 is 0.917 bits per heavy atom. The molecule has 2 N–H and O–H groups in total. The van der Waals surface area contributed by atoms with Crippen molar-refractivity contribution in [3.05, 3.63) is 36.4 Å². The number of fused-ring (bicyclic) bond motifs is 1. The zero-order valence-electron chi connectivity index (χ0n) is 14.4. The lowest BCUT2D eigenvalue weighted by atomic mass is 10.1. The van der Waals surface area contributed by atoms with Gasteiger partial charge in [0, 0.05) is 23.6 Å². The van der Waals surface area contributed by atoms with Crippen molar-refractivity contribution < 1.29 is 14.2 Å². The molecule has 0 bridgehead atoms. The van der Waals surface area contributed by atoms with Crippen LogP contribution < -0.4 is 19.9 Å². The third kappa shape index (κ3) is 2.42. The first-order valence-corrected chi connectivity index (χ1v) is 7.82. The lowest BCUT2D eigenvalue weighted by Crippen LogP contribution is -1.99. The topological polar surface area (TPSA) is 58.6 Å². The van der Waals surface area contributed by atoms with Crippen molar-refractivity contribution in [3.63, 3.8) is 0 Å². The van der Waals surface area contributed by atoms with E-state index in [2.05, 4.69) is 11.5 Å². The number of benzene rings is 2. The normalized spacial score (nSPS) is 10.8. The second-order valence-electron chi connectivity index (χ2n) is 5.46. The standard InChI is InChI=1S/C19H22N2O3/c1-5-21-15-11-13(22-2)7-8-14(15)18(20)19(21)12-6-9-16(23-3)17(10-12)24-4/h6-11H,5,20H2,1-4H3. The highest BCUT2D eigenvalue weighted by Gasteiger charge is 2.18. The smallest absolute Gasteiger partial charge is 0.161 e. The summed E-state index contributed by atoms with van der Waals surface area (Å²) in [6.45, 7) is 2.90. The molecule has 0 aliphatic rings. The third-order valence-electron chi connectivity index (χ3n) is 4.28. The van der Waals surface area contributed by atoms with Crippen LogP contribution in [0.4, 0.5) is 5.69 Å². The van der Waals surface area contributed by atoms with E-state index in [0.29, 0.717) is 11.5 Å². The molecule has 0 unspecified atom stereocenters. The molecule has 0 saturated heterocycles. The van der Waals surface area contributed by atoms with E-state index >= 15 is 0 Å². The molecule has 3 aromatic rings. The van der Waals surface area contributed by atoms with Gasteiger partial charge in [-0.2, -0.15) is 0 Å². The van der Waals surface area contributed by atoms with Gasteiger partial charge >= 0.3 is 0 Å². The maximum atomic E-state index is 6.47. The minimum atomic E-state index is 0.680. The van der Waals surface area contributed by atoms with Gasteiger partial charge in [-0.25, -0.2) is 0 Å². The lowest BCUT2D eigenvalue weighted by Gasteiger charge is -2.12. The highest BCUT2D eigenvalue weighted by Crippen LogP contribution is 2.40. The van der Waals surface area contributed by atoms with Crippen LogP contribution in [0.5, 0.6) is 17.2 Å². The number of methoxy groups -OCH3 is 3. The summed E-state index contributed by atoms with van der Waals surface area (Å²) in [4.78, 5) is 0. The van der Waals surface area contributed by atoms with E-state index < -0.39 is 0 Å². The Hall–Kier alpha value is -2.82. The van der Waals surface area contributed by atoms with Gasteiger partial charge in [-0.05, 0) is 37.3 Å². The van der Waals surface area contributed by atoms with E-state index in [4.69, 9.17) is 19.9 Å². The molecule has 0 aliphatic carbocycles. The van der Waals surface area contributed by atoms with Gasteiger partial charge in [0.1, 0.15) is 5.75 Å². The van der Waals surface area contributed by atoms with Crippen molar-refractivity contribution in [2.24, 2.45) is 0 Å². The maximum absolute atomic E-state index is 6.47. The van der Waals surface area contributed by atoms with Gasteiger partial charge < -0.3 is 24.5 Å². The zero-order valence-corrected chi connectivity index (χ0v) is 14.4. The van der Waals surface area contributed by atoms with Gasteiger partial charge in [0.25, 0.3) is 0 Å². The quantitative estimate of drug-likeness (QED) is 0.771. The number of hydrogen-bond donors (Lipinski definition) is 1. The summed E-state index contributed by atoms with van der Waals surface area (Å²) in [5.74, 6) is 2.19. The summed E-state index contributed by atoms with van der Waals surface area (Å²) >= 11 is 0. The first kappa shape index (κ1) is 16.1. The van der Waals surface area contributed by atoms with Crippen LogP contribution in [0.1, 0.15) is 6.92 Å². The van der Waals surface area contributed by atoms with Gasteiger partial charge in [-0.3, -0.25) is 0 Å². The average Bonchev–Trinajstić information content (AvgIpc) is 2.92. The summed E-state index contributed by atoms with van der Waals surface area (Å²) in [5, 5.41) is 1.02. The number of rotatable bonds is 5. The monoisotopic (exact) mass is 326 g/mol. The van der Waals surface area contributed by atoms with Crippen molar-refractivity contribution >= 4 is 16.6 Å². The van der Waals surface area contributed by atoms with E-state index in [1.165, 1.54) is 0 Å². The molecule has 0 spiro atoms. The molecular formula is C19H22N2O3. The summed E-state index contributed by atoms with van der Waals surface area (Å²) in [7, 11) is 4.92. The van der Waals surface area contributed by atoms with Crippen molar-refractivity contribution in [2.75, 3.05) is 27.1 Å². The molecule has 5 heteroatoms. The largest absolute Gasteiger partial charge is 0.497 e. The molecule has 0 saturated carbocycles. The molecule has 0 amide bonds. The number of nitrogens with zero attached hydrogens (tertiary/aromatic N) is 1. The molecule has 126 valence electrons. The minimum absolute atomic E-state index is 0.680. The van der Waals surface area contributed by atoms with E-state index in [1.54, 1.807) is 21.3 Å². The summed E-state index contributed by atoms with van der Waals surface area (Å²) < 4.78 is 18.3. The molecule has 5 nitrogen and oxygen atoms in total. The highest BCUT2D eigenvalue weighted by atomic mass is 16.5. The fraction of sp³-hybridized carbons (Fsp3) is 0.263. The van der Waals surface area contributed by atoms with E-state index in [9.17, 15) is 0 Å². The molecule has 24 heavy (non-hydrogen) atoms. The molecule has 2 aromatic carbocycles. The first-order chi connectivity index (χ1) is 11.6. The Labute approximate surface area is 141 Å². The Kier molecular flexibility index (Phi) is 4.25. The molecule has 0 aliphatic heterocycles. The minimum Gasteiger partial charge on any atom is -0.497 e. The van der Waals surface area contributed by atoms with Crippen molar-refractivity contribution in [1.82, 2.24) is 4.57 Å². The number of aromatic nitrogens is 1. The van der Waals surface area contributed by atoms with Crippen LogP contribution in [0.3, 0.4) is 0 Å². The van der Waals surface area contributed by atoms with E-state index in [-0.39, 0.29) is 0 Å². The summed E-state index contributed by atoms with van der Waals surface area (Å²) in [6.07, 6.45) is 0. The molecule has 0 fully saturated rings. The molecule has 0 radical (unpaired) electrons. The Balaban J connectivity index is 2.27. The van der Waals surface area contributed by atoms with Crippen molar-refractivity contribution in [1.29, 1.82) is 0 Å². The second-order valence-corrected chi connectivity index (χ2v) is 5.46. The Morgan fingerprint density at radius 3 is 2.29 bits per heavy atom. The van der Waals surface area contributed by atoms with Crippen molar-refractivity contribution in [3.8, 4) is 28.5 Å². The van der Waals surface area contributed by atoms with Crippen LogP contribution in [0, 0.1) is 0 Å². The van der Waals surface area contributed by atoms with Crippen LogP contribution in [-0.4, -0.2) is 25.9 Å². The third-order valence-corrected chi connectivity index (χ3v) is 4.28. The van der Waals surface area contributed by atoms with Gasteiger partial charge in [0.05, 0.1) is 38.2 Å². The van der Waals surface area contributed by atoms with Gasteiger partial charge in [0.2, 0.25) is 0 Å². The summed E-state index contributed by atoms with van der Waals surface area (Å²) in [6, 6.07) is 11.8. The lowest BCUT2D eigenvalue weighted by molar-refractivity contribution is 0.355. The fourth-order valence-electron chi connectivity index (χ4n) is 3.11. The maximum Gasteiger partial charge on any atom is 0.161 e. The number of nitrogens with two attached hydrogens (primary N) is 1. The number of aryl methyl sites for hydroxylation is 1. The van der Waals surface area contributed by atoms with Crippen LogP contribution in [0.2, 0.25) is 0 Å². The van der Waals surface area contributed by atoms with Crippen LogP contribution in [0.15, 0.2) is 36.4 Å². The zero-order chi connectivity index (χ0) is 17.3. The highest BCUT2D eigenvalue weighted by molar-refractivity contribution is 6.01. The van der Waals surface area contributed by atoms with Gasteiger partial charge in [-0.1, -0.05) is 0 Å². The molecule has 3 rings (SSSR count). The molecule has 1 aromatic heterocycles. The number of hydrogen-bond acceptors (Lipinski definition) is 4. The van der Waals surface area contributed by atoms with E-state index in [1.807, 2.05) is 36.4 Å². The second kappa shape index (κ2) is 6.35. The summed E-state index contributed by atoms with van der Waals surface area (Å²) in [5.41, 5.74) is 10.2. The van der Waals surface area contributed by atoms with E-state index in [0.717, 1.165) is 40.1 Å². The van der Waals surface area contributed by atoms with Crippen LogP contribution in [0.25, 0.3) is 22.2 Å². The Morgan fingerprint density at radius 2 is 1.67 bits per heavy atom. The number of ether oxygens (including phenoxy) is 3. The first-order valence-electron chi connectivity index (χ1n) is 7.82. The fourth-order valence-corrected chi connectivity index (χ4v) is 3.11. The average molecular weight is 326 g/mol. The predicted molar refractivity (Wildman–Crippen MR) is 97.1 cm³/mol. The number of anilines is 1. The molecule has 1 heterocycles. The predicted octanol–water partition coefficient (Wildman–Crippen LogP) is 3.94. The van der Waals surface area contributed by atoms with Crippen molar-refractivity contribution in [2.45, 2.75) is 13.5 Å².